The average molecular weight is 297 g/mol. The molecule has 1 heterocycles. The molecule has 0 amide bonds. The van der Waals surface area contributed by atoms with Gasteiger partial charge < -0.3 is 5.32 Å². The van der Waals surface area contributed by atoms with Crippen molar-refractivity contribution in [1.82, 2.24) is 15.3 Å². The fourth-order valence-corrected chi connectivity index (χ4v) is 2.79. The molecule has 0 spiro atoms. The Balaban J connectivity index is 1.88. The molecule has 0 aliphatic carbocycles. The molecular weight excluding hydrogens is 270 g/mol. The minimum Gasteiger partial charge on any atom is -0.310 e. The molecule has 0 aliphatic rings. The summed E-state index contributed by atoms with van der Waals surface area (Å²) in [7, 11) is 0. The molecule has 1 N–H and O–H groups in total. The Labute approximate surface area is 134 Å². The van der Waals surface area contributed by atoms with Crippen LogP contribution in [0.4, 0.5) is 0 Å². The third kappa shape index (κ3) is 4.63. The second kappa shape index (κ2) is 7.50. The van der Waals surface area contributed by atoms with Crippen LogP contribution < -0.4 is 5.32 Å². The fraction of sp³-hybridized carbons (Fsp3) is 0.474. The maximum absolute atomic E-state index is 4.35. The number of aryl methyl sites for hydroxylation is 1. The van der Waals surface area contributed by atoms with E-state index in [9.17, 15) is 0 Å². The molecule has 3 heteroatoms. The third-order valence-electron chi connectivity index (χ3n) is 4.10. The summed E-state index contributed by atoms with van der Waals surface area (Å²) < 4.78 is 0. The monoisotopic (exact) mass is 297 g/mol. The van der Waals surface area contributed by atoms with Gasteiger partial charge in [0.05, 0.1) is 0 Å². The molecule has 0 aliphatic heterocycles. The number of hydrogen-bond acceptors (Lipinski definition) is 3. The summed E-state index contributed by atoms with van der Waals surface area (Å²) in [4.78, 5) is 8.69. The Morgan fingerprint density at radius 1 is 1.09 bits per heavy atom. The molecule has 1 unspecified atom stereocenters. The van der Waals surface area contributed by atoms with Crippen molar-refractivity contribution in [1.29, 1.82) is 0 Å². The molecule has 0 radical (unpaired) electrons. The van der Waals surface area contributed by atoms with Crippen LogP contribution in [0.15, 0.2) is 42.7 Å². The van der Waals surface area contributed by atoms with E-state index in [0.29, 0.717) is 6.04 Å². The van der Waals surface area contributed by atoms with Crippen molar-refractivity contribution in [3.8, 4) is 0 Å². The Morgan fingerprint density at radius 2 is 1.73 bits per heavy atom. The molecule has 118 valence electrons. The molecule has 0 fully saturated rings. The standard InChI is InChI=1S/C19H27N3/c1-5-18-21-13-16(14-22-18)12-20-15(2)11-19(3,4)17-9-7-6-8-10-17/h6-10,13-15,20H,5,11-12H2,1-4H3. The van der Waals surface area contributed by atoms with Crippen molar-refractivity contribution < 1.29 is 0 Å². The highest BCUT2D eigenvalue weighted by Gasteiger charge is 2.22. The first-order chi connectivity index (χ1) is 10.5. The van der Waals surface area contributed by atoms with E-state index in [0.717, 1.165) is 30.8 Å². The number of aromatic nitrogens is 2. The van der Waals surface area contributed by atoms with Gasteiger partial charge in [-0.2, -0.15) is 0 Å². The maximum atomic E-state index is 4.35. The van der Waals surface area contributed by atoms with Crippen LogP contribution in [0.5, 0.6) is 0 Å². The predicted octanol–water partition coefficient (Wildman–Crippen LogP) is 3.89. The van der Waals surface area contributed by atoms with Gasteiger partial charge >= 0.3 is 0 Å². The zero-order valence-corrected chi connectivity index (χ0v) is 14.1. The molecular formula is C19H27N3. The minimum absolute atomic E-state index is 0.163. The third-order valence-corrected chi connectivity index (χ3v) is 4.10. The summed E-state index contributed by atoms with van der Waals surface area (Å²) in [6.45, 7) is 9.74. The van der Waals surface area contributed by atoms with Crippen LogP contribution >= 0.6 is 0 Å². The number of nitrogens with zero attached hydrogens (tertiary/aromatic N) is 2. The predicted molar refractivity (Wildman–Crippen MR) is 91.8 cm³/mol. The zero-order valence-electron chi connectivity index (χ0n) is 14.1. The lowest BCUT2D eigenvalue weighted by molar-refractivity contribution is 0.388. The molecule has 1 aromatic heterocycles. The van der Waals surface area contributed by atoms with Crippen LogP contribution in [0.3, 0.4) is 0 Å². The first-order valence-electron chi connectivity index (χ1n) is 8.10. The highest BCUT2D eigenvalue weighted by Crippen LogP contribution is 2.28. The second-order valence-electron chi connectivity index (χ2n) is 6.60. The zero-order chi connectivity index (χ0) is 16.0. The van der Waals surface area contributed by atoms with Crippen LogP contribution in [0.2, 0.25) is 0 Å². The van der Waals surface area contributed by atoms with E-state index in [4.69, 9.17) is 0 Å². The number of rotatable bonds is 7. The summed E-state index contributed by atoms with van der Waals surface area (Å²) in [5.41, 5.74) is 2.69. The SMILES string of the molecule is CCc1ncc(CNC(C)CC(C)(C)c2ccccc2)cn1. The highest BCUT2D eigenvalue weighted by atomic mass is 14.9. The molecule has 22 heavy (non-hydrogen) atoms. The lowest BCUT2D eigenvalue weighted by Gasteiger charge is -2.29. The lowest BCUT2D eigenvalue weighted by Crippen LogP contribution is -2.33. The lowest BCUT2D eigenvalue weighted by atomic mass is 9.79. The minimum atomic E-state index is 0.163. The topological polar surface area (TPSA) is 37.8 Å². The van der Waals surface area contributed by atoms with Gasteiger partial charge in [-0.1, -0.05) is 51.1 Å². The molecule has 1 aromatic carbocycles. The van der Waals surface area contributed by atoms with Gasteiger partial charge in [0.25, 0.3) is 0 Å². The molecule has 2 rings (SSSR count). The van der Waals surface area contributed by atoms with Gasteiger partial charge in [-0.05, 0) is 24.3 Å². The summed E-state index contributed by atoms with van der Waals surface area (Å²) in [6, 6.07) is 11.2. The molecule has 1 atom stereocenters. The average Bonchev–Trinajstić information content (AvgIpc) is 2.54. The Hall–Kier alpha value is -1.74. The van der Waals surface area contributed by atoms with Crippen LogP contribution in [0, 0.1) is 0 Å². The van der Waals surface area contributed by atoms with Crippen molar-refractivity contribution in [2.75, 3.05) is 0 Å². The normalized spacial score (nSPS) is 13.1. The number of benzene rings is 1. The Bertz CT molecular complexity index is 561. The first kappa shape index (κ1) is 16.6. The summed E-state index contributed by atoms with van der Waals surface area (Å²) in [5.74, 6) is 0.905. The van der Waals surface area contributed by atoms with E-state index in [1.54, 1.807) is 0 Å². The van der Waals surface area contributed by atoms with Crippen molar-refractivity contribution in [3.05, 3.63) is 59.7 Å². The highest BCUT2D eigenvalue weighted by molar-refractivity contribution is 5.23. The van der Waals surface area contributed by atoms with E-state index < -0.39 is 0 Å². The fourth-order valence-electron chi connectivity index (χ4n) is 2.79. The van der Waals surface area contributed by atoms with Gasteiger partial charge in [-0.25, -0.2) is 9.97 Å². The van der Waals surface area contributed by atoms with Crippen LogP contribution in [-0.2, 0) is 18.4 Å². The van der Waals surface area contributed by atoms with E-state index in [1.165, 1.54) is 5.56 Å². The van der Waals surface area contributed by atoms with E-state index in [2.05, 4.69) is 73.3 Å². The van der Waals surface area contributed by atoms with Gasteiger partial charge in [-0.15, -0.1) is 0 Å². The van der Waals surface area contributed by atoms with Crippen molar-refractivity contribution in [2.24, 2.45) is 0 Å². The Morgan fingerprint density at radius 3 is 2.32 bits per heavy atom. The van der Waals surface area contributed by atoms with E-state index in [1.807, 2.05) is 12.4 Å². The van der Waals surface area contributed by atoms with Gasteiger partial charge in [0.15, 0.2) is 0 Å². The molecule has 0 bridgehead atoms. The van der Waals surface area contributed by atoms with Crippen LogP contribution in [0.25, 0.3) is 0 Å². The van der Waals surface area contributed by atoms with Crippen LogP contribution in [-0.4, -0.2) is 16.0 Å². The van der Waals surface area contributed by atoms with E-state index in [-0.39, 0.29) is 5.41 Å². The van der Waals surface area contributed by atoms with Crippen LogP contribution in [0.1, 0.15) is 51.1 Å². The smallest absolute Gasteiger partial charge is 0.127 e. The van der Waals surface area contributed by atoms with Crippen molar-refractivity contribution >= 4 is 0 Å². The van der Waals surface area contributed by atoms with Crippen molar-refractivity contribution in [3.63, 3.8) is 0 Å². The Kier molecular flexibility index (Phi) is 5.67. The van der Waals surface area contributed by atoms with Crippen molar-refractivity contribution in [2.45, 2.75) is 58.5 Å². The second-order valence-corrected chi connectivity index (χ2v) is 6.60. The molecule has 3 nitrogen and oxygen atoms in total. The maximum Gasteiger partial charge on any atom is 0.127 e. The summed E-state index contributed by atoms with van der Waals surface area (Å²) in [6.07, 6.45) is 5.82. The summed E-state index contributed by atoms with van der Waals surface area (Å²) in [5, 5.41) is 3.58. The summed E-state index contributed by atoms with van der Waals surface area (Å²) >= 11 is 0. The molecule has 0 saturated heterocycles. The van der Waals surface area contributed by atoms with Gasteiger partial charge in [0.2, 0.25) is 0 Å². The first-order valence-corrected chi connectivity index (χ1v) is 8.10. The molecule has 0 saturated carbocycles. The van der Waals surface area contributed by atoms with E-state index >= 15 is 0 Å². The molecule has 2 aromatic rings. The van der Waals surface area contributed by atoms with Gasteiger partial charge in [0, 0.05) is 37.0 Å². The quantitative estimate of drug-likeness (QED) is 0.842. The van der Waals surface area contributed by atoms with Gasteiger partial charge in [-0.3, -0.25) is 0 Å². The number of hydrogen-bond donors (Lipinski definition) is 1. The van der Waals surface area contributed by atoms with Gasteiger partial charge in [0.1, 0.15) is 5.82 Å². The number of nitrogens with one attached hydrogen (secondary N) is 1. The largest absolute Gasteiger partial charge is 0.310 e.